The van der Waals surface area contributed by atoms with Crippen molar-refractivity contribution >= 4 is 19.3 Å². The molecule has 1 aliphatic carbocycles. The predicted molar refractivity (Wildman–Crippen MR) is 109 cm³/mol. The minimum Gasteiger partial charge on any atom is -0.497 e. The van der Waals surface area contributed by atoms with Gasteiger partial charge in [-0.1, -0.05) is 10.7 Å². The lowest BCUT2D eigenvalue weighted by atomic mass is 10.0. The molecule has 2 aromatic carbocycles. The van der Waals surface area contributed by atoms with Crippen LogP contribution in [-0.4, -0.2) is 43.9 Å². The molecule has 3 rings (SSSR count). The highest BCUT2D eigenvalue weighted by atomic mass is 31.2. The molecule has 0 spiro atoms. The van der Waals surface area contributed by atoms with E-state index in [0.29, 0.717) is 29.2 Å². The molecule has 2 atom stereocenters. The minimum atomic E-state index is -4.81. The second-order valence-corrected chi connectivity index (χ2v) is 8.28. The Morgan fingerprint density at radius 1 is 1.07 bits per heavy atom. The van der Waals surface area contributed by atoms with Crippen LogP contribution in [0, 0.1) is 5.92 Å². The van der Waals surface area contributed by atoms with Crippen molar-refractivity contribution in [1.82, 2.24) is 0 Å². The summed E-state index contributed by atoms with van der Waals surface area (Å²) in [4.78, 5) is 37.5. The third kappa shape index (κ3) is 4.94. The van der Waals surface area contributed by atoms with Gasteiger partial charge in [0.15, 0.2) is 11.5 Å². The van der Waals surface area contributed by atoms with Gasteiger partial charge < -0.3 is 29.0 Å². The lowest BCUT2D eigenvalue weighted by molar-refractivity contribution is -0.122. The van der Waals surface area contributed by atoms with Crippen LogP contribution in [0.1, 0.15) is 28.3 Å². The summed E-state index contributed by atoms with van der Waals surface area (Å²) in [5, 5.41) is 0. The van der Waals surface area contributed by atoms with Crippen LogP contribution in [0.4, 0.5) is 5.69 Å². The number of ketones is 1. The number of methoxy groups -OCH3 is 2. The molecule has 0 radical (unpaired) electrons. The van der Waals surface area contributed by atoms with E-state index in [1.807, 2.05) is 6.07 Å². The highest BCUT2D eigenvalue weighted by Crippen LogP contribution is 2.51. The van der Waals surface area contributed by atoms with Crippen LogP contribution in [0.15, 0.2) is 36.4 Å². The van der Waals surface area contributed by atoms with E-state index in [4.69, 9.17) is 24.1 Å². The lowest BCUT2D eigenvalue weighted by Gasteiger charge is -2.17. The molecule has 2 N–H and O–H groups in total. The highest BCUT2D eigenvalue weighted by Gasteiger charge is 2.45. The molecule has 0 aliphatic heterocycles. The standard InChI is InChI=1S/C20H24NO8P/c1-21(2)17-7-5-12(9-19(17)28-29-30(23,24)25)14-11-15(14)20(22)16-10-13(26-3)6-8-18(16)27-4/h5-10,14-15H,11H2,1-4H3,(H2,23,24,25). The SMILES string of the molecule is COc1ccc(OC)c(C(=O)C2CC2c2ccc(N(C)C)c(OOP(=O)(O)O)c2)c1. The molecule has 30 heavy (non-hydrogen) atoms. The van der Waals surface area contributed by atoms with E-state index in [2.05, 4.69) is 4.67 Å². The Hall–Kier alpha value is -2.58. The van der Waals surface area contributed by atoms with Crippen LogP contribution in [-0.2, 0) is 9.24 Å². The normalized spacial score (nSPS) is 17.9. The average Bonchev–Trinajstić information content (AvgIpc) is 3.51. The predicted octanol–water partition coefficient (Wildman–Crippen LogP) is 3.16. The summed E-state index contributed by atoms with van der Waals surface area (Å²) in [5.74, 6) is 0.846. The monoisotopic (exact) mass is 437 g/mol. The first-order valence-electron chi connectivity index (χ1n) is 9.14. The van der Waals surface area contributed by atoms with E-state index in [9.17, 15) is 9.36 Å². The molecule has 2 aromatic rings. The number of rotatable bonds is 9. The van der Waals surface area contributed by atoms with Crippen LogP contribution in [0.2, 0.25) is 0 Å². The molecule has 1 fully saturated rings. The number of phosphoric acid groups is 1. The van der Waals surface area contributed by atoms with Gasteiger partial charge in [0.25, 0.3) is 0 Å². The van der Waals surface area contributed by atoms with E-state index < -0.39 is 7.82 Å². The average molecular weight is 437 g/mol. The number of hydrogen-bond acceptors (Lipinski definition) is 7. The van der Waals surface area contributed by atoms with Crippen molar-refractivity contribution in [2.24, 2.45) is 5.92 Å². The third-order valence-corrected chi connectivity index (χ3v) is 5.19. The van der Waals surface area contributed by atoms with Gasteiger partial charge >= 0.3 is 7.82 Å². The number of hydrogen-bond donors (Lipinski definition) is 2. The lowest BCUT2D eigenvalue weighted by Crippen LogP contribution is -2.11. The Labute approximate surface area is 174 Å². The molecule has 0 aromatic heterocycles. The number of ether oxygens (including phenoxy) is 2. The van der Waals surface area contributed by atoms with Gasteiger partial charge in [-0.3, -0.25) is 4.79 Å². The van der Waals surface area contributed by atoms with Gasteiger partial charge in [-0.15, -0.1) is 0 Å². The number of carbonyl (C=O) groups is 1. The Morgan fingerprint density at radius 2 is 1.80 bits per heavy atom. The van der Waals surface area contributed by atoms with E-state index >= 15 is 0 Å². The Balaban J connectivity index is 1.83. The molecule has 10 heteroatoms. The fraction of sp³-hybridized carbons (Fsp3) is 0.350. The van der Waals surface area contributed by atoms with Crippen LogP contribution < -0.4 is 19.3 Å². The molecular weight excluding hydrogens is 413 g/mol. The van der Waals surface area contributed by atoms with Crippen LogP contribution in [0.25, 0.3) is 0 Å². The molecule has 1 saturated carbocycles. The number of nitrogens with zero attached hydrogens (tertiary/aromatic N) is 1. The molecule has 0 heterocycles. The van der Waals surface area contributed by atoms with E-state index in [0.717, 1.165) is 5.56 Å². The van der Waals surface area contributed by atoms with Gasteiger partial charge in [0.05, 0.1) is 25.5 Å². The summed E-state index contributed by atoms with van der Waals surface area (Å²) >= 11 is 0. The highest BCUT2D eigenvalue weighted by molar-refractivity contribution is 7.46. The molecule has 0 saturated heterocycles. The third-order valence-electron chi connectivity index (χ3n) is 4.92. The van der Waals surface area contributed by atoms with Crippen molar-refractivity contribution < 1.29 is 38.2 Å². The van der Waals surface area contributed by atoms with Crippen molar-refractivity contribution in [2.45, 2.75) is 12.3 Å². The van der Waals surface area contributed by atoms with Crippen molar-refractivity contribution in [1.29, 1.82) is 0 Å². The first kappa shape index (κ1) is 22.1. The second kappa shape index (κ2) is 8.65. The molecular formula is C20H24NO8P. The molecule has 2 unspecified atom stereocenters. The fourth-order valence-corrected chi connectivity index (χ4v) is 3.52. The van der Waals surface area contributed by atoms with Gasteiger partial charge in [-0.2, -0.15) is 0 Å². The van der Waals surface area contributed by atoms with Crippen LogP contribution in [0.5, 0.6) is 17.2 Å². The maximum atomic E-state index is 13.1. The van der Waals surface area contributed by atoms with Gasteiger partial charge in [0.1, 0.15) is 11.5 Å². The zero-order chi connectivity index (χ0) is 22.1. The smallest absolute Gasteiger partial charge is 0.497 e. The summed E-state index contributed by atoms with van der Waals surface area (Å²) < 4.78 is 25.7. The maximum absolute atomic E-state index is 13.1. The zero-order valence-corrected chi connectivity index (χ0v) is 18.0. The topological polar surface area (TPSA) is 115 Å². The zero-order valence-electron chi connectivity index (χ0n) is 17.1. The molecule has 0 amide bonds. The molecule has 0 bridgehead atoms. The van der Waals surface area contributed by atoms with Crippen molar-refractivity contribution in [3.05, 3.63) is 47.5 Å². The van der Waals surface area contributed by atoms with Gasteiger partial charge in [0, 0.05) is 20.0 Å². The van der Waals surface area contributed by atoms with Gasteiger partial charge in [0.2, 0.25) is 0 Å². The quantitative estimate of drug-likeness (QED) is 0.264. The Bertz CT molecular complexity index is 987. The first-order valence-corrected chi connectivity index (χ1v) is 10.7. The van der Waals surface area contributed by atoms with Gasteiger partial charge in [-0.25, -0.2) is 4.57 Å². The first-order chi connectivity index (χ1) is 14.1. The fourth-order valence-electron chi connectivity index (χ4n) is 3.35. The number of Topliss-reactive ketones (excluding diaryl/α,β-unsaturated/α-hetero) is 1. The van der Waals surface area contributed by atoms with Crippen LogP contribution >= 0.6 is 7.82 Å². The minimum absolute atomic E-state index is 0.0537. The van der Waals surface area contributed by atoms with E-state index in [1.165, 1.54) is 14.2 Å². The number of benzene rings is 2. The summed E-state index contributed by atoms with van der Waals surface area (Å²) in [5.41, 5.74) is 1.84. The van der Waals surface area contributed by atoms with Crippen molar-refractivity contribution in [3.63, 3.8) is 0 Å². The number of anilines is 1. The van der Waals surface area contributed by atoms with E-state index in [1.54, 1.807) is 49.3 Å². The second-order valence-electron chi connectivity index (χ2n) is 7.15. The largest absolute Gasteiger partial charge is 0.505 e. The molecule has 1 aliphatic rings. The van der Waals surface area contributed by atoms with Gasteiger partial charge in [-0.05, 0) is 48.2 Å². The molecule has 162 valence electrons. The maximum Gasteiger partial charge on any atom is 0.505 e. The summed E-state index contributed by atoms with van der Waals surface area (Å²) in [6.07, 6.45) is 0.638. The van der Waals surface area contributed by atoms with Crippen molar-refractivity contribution in [3.8, 4) is 17.2 Å². The Morgan fingerprint density at radius 3 is 2.40 bits per heavy atom. The van der Waals surface area contributed by atoms with Crippen LogP contribution in [0.3, 0.4) is 0 Å². The summed E-state index contributed by atoms with van der Waals surface area (Å²) in [7, 11) is 1.75. The van der Waals surface area contributed by atoms with Crippen molar-refractivity contribution in [2.75, 3.05) is 33.2 Å². The van der Waals surface area contributed by atoms with E-state index in [-0.39, 0.29) is 23.4 Å². The Kier molecular flexibility index (Phi) is 6.38. The number of carbonyl (C=O) groups excluding carboxylic acids is 1. The summed E-state index contributed by atoms with van der Waals surface area (Å²) in [6, 6.07) is 10.3. The molecule has 9 nitrogen and oxygen atoms in total. The summed E-state index contributed by atoms with van der Waals surface area (Å²) in [6.45, 7) is 0.